The summed E-state index contributed by atoms with van der Waals surface area (Å²) >= 11 is 7.18. The van der Waals surface area contributed by atoms with Crippen LogP contribution in [0.1, 0.15) is 16.7 Å². The lowest BCUT2D eigenvalue weighted by Gasteiger charge is -2.23. The molecule has 0 aliphatic carbocycles. The van der Waals surface area contributed by atoms with Gasteiger partial charge in [-0.05, 0) is 30.2 Å². The highest BCUT2D eigenvalue weighted by Crippen LogP contribution is 2.26. The zero-order valence-electron chi connectivity index (χ0n) is 11.2. The van der Waals surface area contributed by atoms with Crippen molar-refractivity contribution in [1.29, 1.82) is 0 Å². The van der Waals surface area contributed by atoms with Crippen molar-refractivity contribution in [3.63, 3.8) is 0 Å². The average molecular weight is 383 g/mol. The Kier molecular flexibility index (Phi) is 5.06. The van der Waals surface area contributed by atoms with Gasteiger partial charge in [-0.3, -0.25) is 0 Å². The van der Waals surface area contributed by atoms with Gasteiger partial charge in [-0.15, -0.1) is 0 Å². The Morgan fingerprint density at radius 1 is 1.05 bits per heavy atom. The van der Waals surface area contributed by atoms with Crippen molar-refractivity contribution in [1.82, 2.24) is 0 Å². The van der Waals surface area contributed by atoms with E-state index in [2.05, 4.69) is 87.1 Å². The van der Waals surface area contributed by atoms with Gasteiger partial charge in [-0.1, -0.05) is 67.8 Å². The van der Waals surface area contributed by atoms with Crippen LogP contribution in [0.3, 0.4) is 0 Å². The molecule has 2 aromatic carbocycles. The van der Waals surface area contributed by atoms with Crippen molar-refractivity contribution in [2.75, 3.05) is 11.9 Å². The summed E-state index contributed by atoms with van der Waals surface area (Å²) < 4.78 is 1.16. The van der Waals surface area contributed by atoms with Crippen molar-refractivity contribution in [2.24, 2.45) is 0 Å². The van der Waals surface area contributed by atoms with Crippen LogP contribution < -0.4 is 4.90 Å². The highest BCUT2D eigenvalue weighted by atomic mass is 79.9. The third-order valence-corrected chi connectivity index (χ3v) is 4.53. The second kappa shape index (κ2) is 6.58. The van der Waals surface area contributed by atoms with Crippen molar-refractivity contribution in [2.45, 2.75) is 18.8 Å². The highest BCUT2D eigenvalue weighted by Gasteiger charge is 2.09. The molecule has 0 bridgehead atoms. The molecule has 0 amide bonds. The van der Waals surface area contributed by atoms with Crippen LogP contribution in [-0.2, 0) is 11.9 Å². The molecule has 0 aromatic heterocycles. The highest BCUT2D eigenvalue weighted by molar-refractivity contribution is 9.10. The van der Waals surface area contributed by atoms with Gasteiger partial charge in [-0.2, -0.15) is 0 Å². The minimum absolute atomic E-state index is 0.879. The fourth-order valence-electron chi connectivity index (χ4n) is 2.16. The minimum atomic E-state index is 0.879. The van der Waals surface area contributed by atoms with Gasteiger partial charge in [0.2, 0.25) is 0 Å². The molecular formula is C16H17Br2N. The standard InChI is InChI=1S/C16H17Br2N/c1-12-7-8-16(14(9-12)10-17)19(2)11-13-5-3-4-6-15(13)18/h3-9H,10-11H2,1-2H3. The smallest absolute Gasteiger partial charge is 0.0437 e. The van der Waals surface area contributed by atoms with Gasteiger partial charge in [0.1, 0.15) is 0 Å². The number of alkyl halides is 1. The first-order valence-corrected chi connectivity index (χ1v) is 8.13. The van der Waals surface area contributed by atoms with Crippen molar-refractivity contribution in [3.05, 3.63) is 63.6 Å². The summed E-state index contributed by atoms with van der Waals surface area (Å²) in [5.74, 6) is 0. The molecular weight excluding hydrogens is 366 g/mol. The number of anilines is 1. The Morgan fingerprint density at radius 2 is 1.79 bits per heavy atom. The van der Waals surface area contributed by atoms with Crippen molar-refractivity contribution >= 4 is 37.5 Å². The zero-order chi connectivity index (χ0) is 13.8. The molecule has 100 valence electrons. The average Bonchev–Trinajstić information content (AvgIpc) is 2.41. The number of hydrogen-bond acceptors (Lipinski definition) is 1. The molecule has 0 spiro atoms. The molecule has 0 atom stereocenters. The summed E-state index contributed by atoms with van der Waals surface area (Å²) in [6.45, 7) is 3.02. The number of aryl methyl sites for hydroxylation is 1. The number of benzene rings is 2. The first-order valence-electron chi connectivity index (χ1n) is 6.22. The van der Waals surface area contributed by atoms with Gasteiger partial charge >= 0.3 is 0 Å². The summed E-state index contributed by atoms with van der Waals surface area (Å²) in [7, 11) is 2.14. The molecule has 0 aliphatic rings. The largest absolute Gasteiger partial charge is 0.370 e. The Morgan fingerprint density at radius 3 is 2.47 bits per heavy atom. The molecule has 0 heterocycles. The van der Waals surface area contributed by atoms with Gasteiger partial charge in [0.05, 0.1) is 0 Å². The van der Waals surface area contributed by atoms with E-state index in [1.807, 2.05) is 6.07 Å². The lowest BCUT2D eigenvalue weighted by molar-refractivity contribution is 0.911. The number of rotatable bonds is 4. The SMILES string of the molecule is Cc1ccc(N(C)Cc2ccccc2Br)c(CBr)c1. The summed E-state index contributed by atoms with van der Waals surface area (Å²) in [4.78, 5) is 2.29. The summed E-state index contributed by atoms with van der Waals surface area (Å²) in [5.41, 5.74) is 5.20. The Labute approximate surface area is 131 Å². The number of halogens is 2. The van der Waals surface area contributed by atoms with E-state index < -0.39 is 0 Å². The van der Waals surface area contributed by atoms with E-state index in [-0.39, 0.29) is 0 Å². The maximum absolute atomic E-state index is 3.61. The van der Waals surface area contributed by atoms with Crippen LogP contribution in [0.5, 0.6) is 0 Å². The summed E-state index contributed by atoms with van der Waals surface area (Å²) in [5, 5.41) is 0.879. The topological polar surface area (TPSA) is 3.24 Å². The molecule has 3 heteroatoms. The molecule has 2 aromatic rings. The third-order valence-electron chi connectivity index (χ3n) is 3.16. The maximum atomic E-state index is 3.61. The molecule has 0 saturated heterocycles. The van der Waals surface area contributed by atoms with Crippen LogP contribution in [0.25, 0.3) is 0 Å². The maximum Gasteiger partial charge on any atom is 0.0437 e. The number of nitrogens with zero attached hydrogens (tertiary/aromatic N) is 1. The fraction of sp³-hybridized carbons (Fsp3) is 0.250. The minimum Gasteiger partial charge on any atom is -0.370 e. The van der Waals surface area contributed by atoms with Crippen LogP contribution in [0.15, 0.2) is 46.9 Å². The molecule has 0 unspecified atom stereocenters. The predicted octanol–water partition coefficient (Wildman–Crippen LogP) is 5.29. The van der Waals surface area contributed by atoms with Gasteiger partial charge in [-0.25, -0.2) is 0 Å². The van der Waals surface area contributed by atoms with E-state index in [1.165, 1.54) is 22.4 Å². The lowest BCUT2D eigenvalue weighted by Crippen LogP contribution is -2.18. The van der Waals surface area contributed by atoms with E-state index in [4.69, 9.17) is 0 Å². The van der Waals surface area contributed by atoms with Crippen LogP contribution in [0.4, 0.5) is 5.69 Å². The van der Waals surface area contributed by atoms with E-state index in [1.54, 1.807) is 0 Å². The van der Waals surface area contributed by atoms with Gasteiger partial charge in [0.25, 0.3) is 0 Å². The molecule has 0 radical (unpaired) electrons. The second-order valence-corrected chi connectivity index (χ2v) is 6.13. The Hall–Kier alpha value is -0.800. The van der Waals surface area contributed by atoms with E-state index in [0.29, 0.717) is 0 Å². The zero-order valence-corrected chi connectivity index (χ0v) is 14.3. The number of hydrogen-bond donors (Lipinski definition) is 0. The molecule has 0 N–H and O–H groups in total. The lowest BCUT2D eigenvalue weighted by atomic mass is 10.1. The van der Waals surface area contributed by atoms with Crippen molar-refractivity contribution < 1.29 is 0 Å². The molecule has 0 aliphatic heterocycles. The summed E-state index contributed by atoms with van der Waals surface area (Å²) in [6, 6.07) is 15.0. The molecule has 0 fully saturated rings. The van der Waals surface area contributed by atoms with Crippen LogP contribution in [-0.4, -0.2) is 7.05 Å². The summed E-state index contributed by atoms with van der Waals surface area (Å²) in [6.07, 6.45) is 0. The molecule has 2 rings (SSSR count). The van der Waals surface area contributed by atoms with Gasteiger partial charge in [0, 0.05) is 29.1 Å². The Bertz CT molecular complexity index is 566. The molecule has 19 heavy (non-hydrogen) atoms. The first-order chi connectivity index (χ1) is 9.11. The van der Waals surface area contributed by atoms with E-state index in [0.717, 1.165) is 16.3 Å². The monoisotopic (exact) mass is 381 g/mol. The molecule has 1 nitrogen and oxygen atoms in total. The first kappa shape index (κ1) is 14.6. The van der Waals surface area contributed by atoms with Crippen LogP contribution in [0.2, 0.25) is 0 Å². The predicted molar refractivity (Wildman–Crippen MR) is 90.1 cm³/mol. The van der Waals surface area contributed by atoms with Gasteiger partial charge in [0.15, 0.2) is 0 Å². The van der Waals surface area contributed by atoms with Crippen molar-refractivity contribution in [3.8, 4) is 0 Å². The van der Waals surface area contributed by atoms with Crippen LogP contribution >= 0.6 is 31.9 Å². The Balaban J connectivity index is 2.25. The van der Waals surface area contributed by atoms with E-state index >= 15 is 0 Å². The van der Waals surface area contributed by atoms with Gasteiger partial charge < -0.3 is 4.90 Å². The quantitative estimate of drug-likeness (QED) is 0.649. The second-order valence-electron chi connectivity index (χ2n) is 4.71. The fourth-order valence-corrected chi connectivity index (χ4v) is 3.02. The molecule has 0 saturated carbocycles. The van der Waals surface area contributed by atoms with E-state index in [9.17, 15) is 0 Å². The third kappa shape index (κ3) is 3.61. The normalized spacial score (nSPS) is 10.5. The van der Waals surface area contributed by atoms with Crippen LogP contribution in [0, 0.1) is 6.92 Å².